The molecule has 0 bridgehead atoms. The van der Waals surface area contributed by atoms with Crippen LogP contribution in [0.2, 0.25) is 0 Å². The molecule has 0 aliphatic heterocycles. The largest absolute Gasteiger partial charge is 0.504 e. The van der Waals surface area contributed by atoms with Gasteiger partial charge in [0.2, 0.25) is 0 Å². The summed E-state index contributed by atoms with van der Waals surface area (Å²) in [5, 5.41) is 0. The zero-order valence-corrected chi connectivity index (χ0v) is 13.5. The Labute approximate surface area is 123 Å². The predicted octanol–water partition coefficient (Wildman–Crippen LogP) is 4.22. The Bertz CT molecular complexity index is 393. The van der Waals surface area contributed by atoms with Crippen molar-refractivity contribution in [2.75, 3.05) is 27.6 Å². The van der Waals surface area contributed by atoms with Crippen LogP contribution in [0.4, 0.5) is 0 Å². The van der Waals surface area contributed by atoms with E-state index in [1.165, 1.54) is 23.1 Å². The third kappa shape index (κ3) is 5.51. The van der Waals surface area contributed by atoms with Crippen molar-refractivity contribution in [3.05, 3.63) is 35.1 Å². The van der Waals surface area contributed by atoms with Crippen molar-refractivity contribution in [3.63, 3.8) is 0 Å². The van der Waals surface area contributed by atoms with Crippen LogP contribution in [0.1, 0.15) is 40.0 Å². The van der Waals surface area contributed by atoms with Crippen molar-refractivity contribution in [3.8, 4) is 0 Å². The Morgan fingerprint density at radius 3 is 2.75 bits per heavy atom. The van der Waals surface area contributed by atoms with Gasteiger partial charge >= 0.3 is 0 Å². The molecule has 0 spiro atoms. The van der Waals surface area contributed by atoms with Crippen LogP contribution in [0.15, 0.2) is 35.1 Å². The second-order valence-corrected chi connectivity index (χ2v) is 5.87. The van der Waals surface area contributed by atoms with Crippen molar-refractivity contribution >= 4 is 0 Å². The standard InChI is InChI=1S/C17H28O3/c1-14(11-20-13-19-5)6-8-17(3)9-7-16(10-17)15(2)12-18-4/h6,10,12H,7-9,11,13H2,1-5H3/b14-6-,15-12?/t17-/m1/s1. The Balaban J connectivity index is 2.55. The molecular formula is C17H28O3. The van der Waals surface area contributed by atoms with Gasteiger partial charge in [-0.05, 0) is 49.7 Å². The molecule has 0 aromatic rings. The van der Waals surface area contributed by atoms with Crippen LogP contribution in [-0.2, 0) is 14.2 Å². The van der Waals surface area contributed by atoms with E-state index in [-0.39, 0.29) is 5.41 Å². The van der Waals surface area contributed by atoms with E-state index in [0.29, 0.717) is 13.4 Å². The molecular weight excluding hydrogens is 252 g/mol. The molecule has 0 fully saturated rings. The summed E-state index contributed by atoms with van der Waals surface area (Å²) in [6.07, 6.45) is 9.90. The minimum Gasteiger partial charge on any atom is -0.504 e. The lowest BCUT2D eigenvalue weighted by Gasteiger charge is -2.19. The Morgan fingerprint density at radius 2 is 2.10 bits per heavy atom. The molecule has 0 N–H and O–H groups in total. The van der Waals surface area contributed by atoms with Crippen molar-refractivity contribution in [2.24, 2.45) is 5.41 Å². The van der Waals surface area contributed by atoms with Gasteiger partial charge in [0.25, 0.3) is 0 Å². The summed E-state index contributed by atoms with van der Waals surface area (Å²) in [5.74, 6) is 0. The molecule has 1 aliphatic carbocycles. The summed E-state index contributed by atoms with van der Waals surface area (Å²) >= 11 is 0. The highest BCUT2D eigenvalue weighted by Gasteiger charge is 2.27. The van der Waals surface area contributed by atoms with Gasteiger partial charge in [-0.1, -0.05) is 24.6 Å². The summed E-state index contributed by atoms with van der Waals surface area (Å²) in [6, 6.07) is 0. The zero-order chi connectivity index (χ0) is 15.0. The third-order valence-electron chi connectivity index (χ3n) is 3.74. The Kier molecular flexibility index (Phi) is 7.03. The fourth-order valence-corrected chi connectivity index (χ4v) is 2.46. The van der Waals surface area contributed by atoms with Crippen LogP contribution < -0.4 is 0 Å². The van der Waals surface area contributed by atoms with E-state index in [4.69, 9.17) is 14.2 Å². The number of ether oxygens (including phenoxy) is 3. The number of hydrogen-bond acceptors (Lipinski definition) is 3. The summed E-state index contributed by atoms with van der Waals surface area (Å²) in [5.41, 5.74) is 4.16. The highest BCUT2D eigenvalue weighted by Crippen LogP contribution is 2.41. The van der Waals surface area contributed by atoms with Gasteiger partial charge in [0, 0.05) is 7.11 Å². The van der Waals surface area contributed by atoms with Crippen molar-refractivity contribution < 1.29 is 14.2 Å². The third-order valence-corrected chi connectivity index (χ3v) is 3.74. The monoisotopic (exact) mass is 280 g/mol. The molecule has 114 valence electrons. The molecule has 0 aromatic heterocycles. The maximum absolute atomic E-state index is 5.35. The molecule has 0 saturated carbocycles. The zero-order valence-electron chi connectivity index (χ0n) is 13.5. The molecule has 20 heavy (non-hydrogen) atoms. The van der Waals surface area contributed by atoms with Crippen molar-refractivity contribution in [1.29, 1.82) is 0 Å². The quantitative estimate of drug-likeness (QED) is 0.288. The van der Waals surface area contributed by atoms with Crippen molar-refractivity contribution in [1.82, 2.24) is 0 Å². The summed E-state index contributed by atoms with van der Waals surface area (Å²) < 4.78 is 15.3. The fraction of sp³-hybridized carbons (Fsp3) is 0.647. The molecule has 1 atom stereocenters. The average molecular weight is 280 g/mol. The second kappa shape index (κ2) is 8.28. The normalized spacial score (nSPS) is 23.9. The minimum atomic E-state index is 0.251. The molecule has 0 heterocycles. The molecule has 0 amide bonds. The maximum Gasteiger partial charge on any atom is 0.146 e. The first-order valence-electron chi connectivity index (χ1n) is 7.15. The van der Waals surface area contributed by atoms with Gasteiger partial charge in [0.1, 0.15) is 6.79 Å². The number of methoxy groups -OCH3 is 2. The first-order valence-corrected chi connectivity index (χ1v) is 7.15. The van der Waals surface area contributed by atoms with Crippen LogP contribution in [0.25, 0.3) is 0 Å². The molecule has 0 saturated heterocycles. The predicted molar refractivity (Wildman–Crippen MR) is 82.4 cm³/mol. The highest BCUT2D eigenvalue weighted by molar-refractivity contribution is 5.33. The van der Waals surface area contributed by atoms with Crippen LogP contribution in [0.5, 0.6) is 0 Å². The molecule has 0 unspecified atom stereocenters. The molecule has 1 rings (SSSR count). The van der Waals surface area contributed by atoms with E-state index >= 15 is 0 Å². The molecule has 0 radical (unpaired) electrons. The summed E-state index contributed by atoms with van der Waals surface area (Å²) in [6.45, 7) is 7.53. The summed E-state index contributed by atoms with van der Waals surface area (Å²) in [4.78, 5) is 0. The van der Waals surface area contributed by atoms with E-state index in [1.807, 2.05) is 6.26 Å². The van der Waals surface area contributed by atoms with Gasteiger partial charge in [-0.25, -0.2) is 0 Å². The van der Waals surface area contributed by atoms with E-state index in [2.05, 4.69) is 32.9 Å². The smallest absolute Gasteiger partial charge is 0.146 e. The first kappa shape index (κ1) is 17.0. The number of rotatable bonds is 8. The van der Waals surface area contributed by atoms with Gasteiger partial charge in [0.15, 0.2) is 0 Å². The topological polar surface area (TPSA) is 27.7 Å². The van der Waals surface area contributed by atoms with Gasteiger partial charge < -0.3 is 14.2 Å². The number of allylic oxidation sites excluding steroid dienone is 4. The second-order valence-electron chi connectivity index (χ2n) is 5.87. The molecule has 0 aromatic carbocycles. The van der Waals surface area contributed by atoms with E-state index < -0.39 is 0 Å². The average Bonchev–Trinajstić information content (AvgIpc) is 2.81. The van der Waals surface area contributed by atoms with Crippen LogP contribution >= 0.6 is 0 Å². The van der Waals surface area contributed by atoms with Gasteiger partial charge in [-0.2, -0.15) is 0 Å². The molecule has 1 aliphatic rings. The maximum atomic E-state index is 5.35. The lowest BCUT2D eigenvalue weighted by molar-refractivity contribution is -0.0211. The Hall–Kier alpha value is -1.06. The SMILES string of the molecule is COC=C(C)C1=C[C@](C)(C/C=C(/C)COCOC)CC1. The molecule has 3 heteroatoms. The van der Waals surface area contributed by atoms with E-state index in [9.17, 15) is 0 Å². The van der Waals surface area contributed by atoms with Gasteiger partial charge in [-0.3, -0.25) is 0 Å². The minimum absolute atomic E-state index is 0.251. The Morgan fingerprint density at radius 1 is 1.35 bits per heavy atom. The lowest BCUT2D eigenvalue weighted by atomic mass is 9.86. The van der Waals surface area contributed by atoms with Crippen LogP contribution in [0, 0.1) is 5.41 Å². The van der Waals surface area contributed by atoms with Crippen LogP contribution in [-0.4, -0.2) is 27.6 Å². The molecule has 3 nitrogen and oxygen atoms in total. The summed E-state index contributed by atoms with van der Waals surface area (Å²) in [7, 11) is 3.34. The highest BCUT2D eigenvalue weighted by atomic mass is 16.7. The van der Waals surface area contributed by atoms with Crippen LogP contribution in [0.3, 0.4) is 0 Å². The van der Waals surface area contributed by atoms with E-state index in [1.54, 1.807) is 14.2 Å². The first-order chi connectivity index (χ1) is 9.50. The van der Waals surface area contributed by atoms with Gasteiger partial charge in [-0.15, -0.1) is 0 Å². The van der Waals surface area contributed by atoms with E-state index in [0.717, 1.165) is 12.8 Å². The fourth-order valence-electron chi connectivity index (χ4n) is 2.46. The van der Waals surface area contributed by atoms with Gasteiger partial charge in [0.05, 0.1) is 20.0 Å². The lowest BCUT2D eigenvalue weighted by Crippen LogP contribution is -2.08. The number of hydrogen-bond donors (Lipinski definition) is 0. The van der Waals surface area contributed by atoms with Crippen molar-refractivity contribution in [2.45, 2.75) is 40.0 Å².